The third-order valence-corrected chi connectivity index (χ3v) is 3.46. The van der Waals surface area contributed by atoms with Crippen LogP contribution in [-0.4, -0.2) is 11.1 Å². The molecule has 92 valence electrons. The van der Waals surface area contributed by atoms with E-state index in [1.54, 1.807) is 18.2 Å². The summed E-state index contributed by atoms with van der Waals surface area (Å²) in [4.78, 5) is 10.8. The number of alkyl halides is 1. The fourth-order valence-electron chi connectivity index (χ4n) is 1.65. The summed E-state index contributed by atoms with van der Waals surface area (Å²) in [6.07, 6.45) is 0. The molecule has 0 saturated heterocycles. The Labute approximate surface area is 115 Å². The van der Waals surface area contributed by atoms with Crippen molar-refractivity contribution < 1.29 is 9.90 Å². The summed E-state index contributed by atoms with van der Waals surface area (Å²) in [6, 6.07) is 13.8. The smallest absolute Gasteiger partial charge is 0.335 e. The first-order valence-corrected chi connectivity index (χ1v) is 6.13. The van der Waals surface area contributed by atoms with E-state index in [1.165, 1.54) is 12.1 Å². The third-order valence-electron chi connectivity index (χ3n) is 2.63. The Hall–Kier alpha value is -1.51. The quantitative estimate of drug-likeness (QED) is 0.848. The van der Waals surface area contributed by atoms with Gasteiger partial charge in [0.25, 0.3) is 0 Å². The lowest BCUT2D eigenvalue weighted by Crippen LogP contribution is -1.98. The van der Waals surface area contributed by atoms with Crippen molar-refractivity contribution in [3.8, 4) is 0 Å². The summed E-state index contributed by atoms with van der Waals surface area (Å²) >= 11 is 12.4. The fourth-order valence-corrected chi connectivity index (χ4v) is 2.29. The summed E-state index contributed by atoms with van der Waals surface area (Å²) < 4.78 is 0. The van der Waals surface area contributed by atoms with E-state index in [2.05, 4.69) is 0 Å². The van der Waals surface area contributed by atoms with E-state index in [4.69, 9.17) is 28.3 Å². The van der Waals surface area contributed by atoms with Crippen LogP contribution in [0.2, 0.25) is 5.02 Å². The van der Waals surface area contributed by atoms with Crippen LogP contribution in [0.1, 0.15) is 26.9 Å². The van der Waals surface area contributed by atoms with Gasteiger partial charge in [0, 0.05) is 5.02 Å². The largest absolute Gasteiger partial charge is 0.478 e. The highest BCUT2D eigenvalue weighted by atomic mass is 35.5. The maximum absolute atomic E-state index is 10.8. The van der Waals surface area contributed by atoms with Crippen LogP contribution in [0.25, 0.3) is 0 Å². The Bertz CT molecular complexity index is 564. The standard InChI is InChI=1S/C14H10Cl2O2/c15-12-4-2-1-3-11(12)13(16)9-5-7-10(8-6-9)14(17)18/h1-8,13H,(H,17,18). The molecule has 0 saturated carbocycles. The maximum Gasteiger partial charge on any atom is 0.335 e. The van der Waals surface area contributed by atoms with Crippen LogP contribution < -0.4 is 0 Å². The van der Waals surface area contributed by atoms with Crippen molar-refractivity contribution in [2.45, 2.75) is 5.38 Å². The molecule has 0 aromatic heterocycles. The maximum atomic E-state index is 10.8. The van der Waals surface area contributed by atoms with E-state index < -0.39 is 5.97 Å². The number of halogens is 2. The van der Waals surface area contributed by atoms with Gasteiger partial charge in [0.1, 0.15) is 0 Å². The molecule has 4 heteroatoms. The number of hydrogen-bond acceptors (Lipinski definition) is 1. The Balaban J connectivity index is 2.32. The van der Waals surface area contributed by atoms with E-state index in [0.29, 0.717) is 5.02 Å². The fraction of sp³-hybridized carbons (Fsp3) is 0.0714. The predicted octanol–water partition coefficient (Wildman–Crippen LogP) is 4.37. The average molecular weight is 281 g/mol. The van der Waals surface area contributed by atoms with Gasteiger partial charge in [-0.15, -0.1) is 11.6 Å². The highest BCUT2D eigenvalue weighted by Crippen LogP contribution is 2.33. The van der Waals surface area contributed by atoms with Crippen molar-refractivity contribution >= 4 is 29.2 Å². The van der Waals surface area contributed by atoms with E-state index >= 15 is 0 Å². The minimum atomic E-state index is -0.953. The van der Waals surface area contributed by atoms with Crippen LogP contribution in [0.4, 0.5) is 0 Å². The van der Waals surface area contributed by atoms with Gasteiger partial charge in [-0.25, -0.2) is 4.79 Å². The van der Waals surface area contributed by atoms with Crippen molar-refractivity contribution in [2.24, 2.45) is 0 Å². The van der Waals surface area contributed by atoms with Gasteiger partial charge < -0.3 is 5.11 Å². The molecule has 0 spiro atoms. The molecule has 0 fully saturated rings. The zero-order valence-corrected chi connectivity index (χ0v) is 10.8. The highest BCUT2D eigenvalue weighted by molar-refractivity contribution is 6.33. The van der Waals surface area contributed by atoms with E-state index in [1.807, 2.05) is 18.2 Å². The summed E-state index contributed by atoms with van der Waals surface area (Å²) in [5.74, 6) is -0.953. The van der Waals surface area contributed by atoms with Gasteiger partial charge in [0.15, 0.2) is 0 Å². The molecule has 0 aliphatic heterocycles. The number of carbonyl (C=O) groups is 1. The van der Waals surface area contributed by atoms with Crippen molar-refractivity contribution in [1.82, 2.24) is 0 Å². The second kappa shape index (κ2) is 5.42. The van der Waals surface area contributed by atoms with E-state index in [0.717, 1.165) is 11.1 Å². The van der Waals surface area contributed by atoms with Crippen LogP contribution in [0.15, 0.2) is 48.5 Å². The van der Waals surface area contributed by atoms with E-state index in [-0.39, 0.29) is 10.9 Å². The molecule has 0 bridgehead atoms. The molecule has 2 rings (SSSR count). The second-order valence-corrected chi connectivity index (χ2v) is 4.65. The van der Waals surface area contributed by atoms with Gasteiger partial charge in [-0.05, 0) is 29.3 Å². The lowest BCUT2D eigenvalue weighted by molar-refractivity contribution is 0.0697. The first-order chi connectivity index (χ1) is 8.59. The number of hydrogen-bond donors (Lipinski definition) is 1. The highest BCUT2D eigenvalue weighted by Gasteiger charge is 2.14. The zero-order valence-electron chi connectivity index (χ0n) is 9.31. The molecule has 2 aromatic rings. The van der Waals surface area contributed by atoms with Crippen molar-refractivity contribution in [3.05, 3.63) is 70.2 Å². The van der Waals surface area contributed by atoms with Crippen molar-refractivity contribution in [1.29, 1.82) is 0 Å². The normalized spacial score (nSPS) is 12.1. The molecule has 2 nitrogen and oxygen atoms in total. The molecule has 2 aromatic carbocycles. The van der Waals surface area contributed by atoms with Crippen LogP contribution in [-0.2, 0) is 0 Å². The molecule has 0 radical (unpaired) electrons. The molecule has 1 atom stereocenters. The minimum Gasteiger partial charge on any atom is -0.478 e. The lowest BCUT2D eigenvalue weighted by Gasteiger charge is -2.12. The first kappa shape index (κ1) is 12.9. The number of carboxylic acids is 1. The number of carboxylic acid groups (broad SMARTS) is 1. The summed E-state index contributed by atoms with van der Waals surface area (Å²) in [5, 5.41) is 9.03. The van der Waals surface area contributed by atoms with Crippen LogP contribution in [0.5, 0.6) is 0 Å². The van der Waals surface area contributed by atoms with Crippen molar-refractivity contribution in [3.63, 3.8) is 0 Å². The molecule has 0 heterocycles. The Kier molecular flexibility index (Phi) is 3.90. The molecule has 1 unspecified atom stereocenters. The first-order valence-electron chi connectivity index (χ1n) is 5.31. The van der Waals surface area contributed by atoms with Gasteiger partial charge in [0.05, 0.1) is 10.9 Å². The molecule has 0 aliphatic carbocycles. The van der Waals surface area contributed by atoms with E-state index in [9.17, 15) is 4.79 Å². The van der Waals surface area contributed by atoms with Crippen molar-refractivity contribution in [2.75, 3.05) is 0 Å². The average Bonchev–Trinajstić information content (AvgIpc) is 2.38. The molecular weight excluding hydrogens is 271 g/mol. The predicted molar refractivity (Wildman–Crippen MR) is 72.5 cm³/mol. The number of benzene rings is 2. The Morgan fingerprint density at radius 2 is 1.67 bits per heavy atom. The number of aromatic carboxylic acids is 1. The minimum absolute atomic E-state index is 0.238. The topological polar surface area (TPSA) is 37.3 Å². The lowest BCUT2D eigenvalue weighted by atomic mass is 10.0. The SMILES string of the molecule is O=C(O)c1ccc(C(Cl)c2ccccc2Cl)cc1. The van der Waals surface area contributed by atoms with Crippen LogP contribution >= 0.6 is 23.2 Å². The Morgan fingerprint density at radius 1 is 1.06 bits per heavy atom. The van der Waals surface area contributed by atoms with Crippen LogP contribution in [0.3, 0.4) is 0 Å². The summed E-state index contributed by atoms with van der Waals surface area (Å²) in [5.41, 5.74) is 1.86. The Morgan fingerprint density at radius 3 is 2.22 bits per heavy atom. The summed E-state index contributed by atoms with van der Waals surface area (Å²) in [7, 11) is 0. The van der Waals surface area contributed by atoms with Gasteiger partial charge in [-0.3, -0.25) is 0 Å². The summed E-state index contributed by atoms with van der Waals surface area (Å²) in [6.45, 7) is 0. The molecule has 1 N–H and O–H groups in total. The van der Waals surface area contributed by atoms with Gasteiger partial charge in [-0.2, -0.15) is 0 Å². The number of rotatable bonds is 3. The third kappa shape index (κ3) is 2.66. The monoisotopic (exact) mass is 280 g/mol. The van der Waals surface area contributed by atoms with Crippen LogP contribution in [0, 0.1) is 0 Å². The molecule has 0 amide bonds. The van der Waals surface area contributed by atoms with Gasteiger partial charge in [-0.1, -0.05) is 41.9 Å². The molecular formula is C14H10Cl2O2. The second-order valence-electron chi connectivity index (χ2n) is 3.81. The van der Waals surface area contributed by atoms with Gasteiger partial charge >= 0.3 is 5.97 Å². The van der Waals surface area contributed by atoms with Gasteiger partial charge in [0.2, 0.25) is 0 Å². The zero-order chi connectivity index (χ0) is 13.1. The molecule has 0 aliphatic rings. The molecule has 18 heavy (non-hydrogen) atoms.